The minimum atomic E-state index is 0.101. The predicted molar refractivity (Wildman–Crippen MR) is 112 cm³/mol. The van der Waals surface area contributed by atoms with Gasteiger partial charge in [0.15, 0.2) is 5.78 Å². The van der Waals surface area contributed by atoms with Gasteiger partial charge in [0.25, 0.3) is 0 Å². The summed E-state index contributed by atoms with van der Waals surface area (Å²) in [4.78, 5) is 12.5. The van der Waals surface area contributed by atoms with Crippen LogP contribution in [-0.4, -0.2) is 17.3 Å². The number of hydrogen-bond donors (Lipinski definition) is 0. The molecule has 0 bridgehead atoms. The molecule has 3 rings (SSSR count). The Bertz CT molecular complexity index is 849. The van der Waals surface area contributed by atoms with E-state index in [9.17, 15) is 4.79 Å². The van der Waals surface area contributed by atoms with Crippen molar-refractivity contribution < 1.29 is 4.79 Å². The van der Waals surface area contributed by atoms with E-state index in [-0.39, 0.29) is 5.78 Å². The molecule has 0 N–H and O–H groups in total. The van der Waals surface area contributed by atoms with Crippen LogP contribution >= 0.6 is 23.5 Å². The average Bonchev–Trinajstić information content (AvgIpc) is 3.16. The summed E-state index contributed by atoms with van der Waals surface area (Å²) in [5.74, 6) is 2.21. The standard InChI is InChI=1S/C22H20OS2/c1-16(18-9-5-3-6-10-18)15-20(19-11-7-4-8-12-19)21(17(2)23)22-24-13-14-25-22/h3-12H,13-14H2,1-2H3. The van der Waals surface area contributed by atoms with Gasteiger partial charge in [-0.05, 0) is 30.5 Å². The van der Waals surface area contributed by atoms with E-state index >= 15 is 0 Å². The minimum Gasteiger partial charge on any atom is -0.294 e. The summed E-state index contributed by atoms with van der Waals surface area (Å²) >= 11 is 3.55. The molecule has 0 saturated carbocycles. The largest absolute Gasteiger partial charge is 0.294 e. The Labute approximate surface area is 157 Å². The van der Waals surface area contributed by atoms with Crippen LogP contribution in [0.1, 0.15) is 25.0 Å². The number of carbonyl (C=O) groups is 1. The Morgan fingerprint density at radius 1 is 0.840 bits per heavy atom. The topological polar surface area (TPSA) is 17.1 Å². The van der Waals surface area contributed by atoms with E-state index in [1.807, 2.05) is 48.5 Å². The number of ketones is 1. The van der Waals surface area contributed by atoms with Gasteiger partial charge in [-0.3, -0.25) is 4.79 Å². The normalized spacial score (nSPS) is 13.3. The van der Waals surface area contributed by atoms with Crippen LogP contribution in [-0.2, 0) is 4.79 Å². The summed E-state index contributed by atoms with van der Waals surface area (Å²) in [6.07, 6.45) is 0. The van der Waals surface area contributed by atoms with Crippen molar-refractivity contribution in [2.24, 2.45) is 0 Å². The van der Waals surface area contributed by atoms with Gasteiger partial charge in [-0.1, -0.05) is 60.7 Å². The van der Waals surface area contributed by atoms with Crippen molar-refractivity contribution in [2.45, 2.75) is 13.8 Å². The fourth-order valence-corrected chi connectivity index (χ4v) is 5.36. The maximum atomic E-state index is 12.5. The van der Waals surface area contributed by atoms with Gasteiger partial charge in [0.1, 0.15) is 0 Å². The summed E-state index contributed by atoms with van der Waals surface area (Å²) in [5.41, 5.74) is 8.42. The maximum Gasteiger partial charge on any atom is 0.162 e. The van der Waals surface area contributed by atoms with Crippen molar-refractivity contribution in [3.63, 3.8) is 0 Å². The lowest BCUT2D eigenvalue weighted by molar-refractivity contribution is -0.113. The van der Waals surface area contributed by atoms with Gasteiger partial charge >= 0.3 is 0 Å². The molecule has 2 aromatic carbocycles. The van der Waals surface area contributed by atoms with Gasteiger partial charge in [-0.25, -0.2) is 0 Å². The second-order valence-electron chi connectivity index (χ2n) is 5.77. The Morgan fingerprint density at radius 2 is 1.36 bits per heavy atom. The molecule has 0 spiro atoms. The summed E-state index contributed by atoms with van der Waals surface area (Å²) in [6, 6.07) is 20.3. The van der Waals surface area contributed by atoms with E-state index in [4.69, 9.17) is 0 Å². The molecule has 1 saturated heterocycles. The first-order valence-corrected chi connectivity index (χ1v) is 10.2. The summed E-state index contributed by atoms with van der Waals surface area (Å²) in [5, 5.41) is 0. The number of hydrogen-bond acceptors (Lipinski definition) is 3. The molecule has 1 nitrogen and oxygen atoms in total. The van der Waals surface area contributed by atoms with E-state index in [2.05, 4.69) is 24.8 Å². The Balaban J connectivity index is 2.26. The smallest absolute Gasteiger partial charge is 0.162 e. The Morgan fingerprint density at radius 3 is 1.88 bits per heavy atom. The van der Waals surface area contributed by atoms with Crippen LogP contribution in [0.5, 0.6) is 0 Å². The molecule has 1 heterocycles. The second-order valence-corrected chi connectivity index (χ2v) is 8.24. The lowest BCUT2D eigenvalue weighted by Gasteiger charge is -2.11. The third-order valence-corrected chi connectivity index (χ3v) is 6.65. The van der Waals surface area contributed by atoms with Crippen molar-refractivity contribution >= 4 is 40.5 Å². The number of Topliss-reactive ketones (excluding diaryl/α,β-unsaturated/α-hetero) is 1. The van der Waals surface area contributed by atoms with Gasteiger partial charge < -0.3 is 0 Å². The van der Waals surface area contributed by atoms with Gasteiger partial charge in [0.2, 0.25) is 0 Å². The Kier molecular flexibility index (Phi) is 6.04. The van der Waals surface area contributed by atoms with E-state index in [1.54, 1.807) is 30.4 Å². The summed E-state index contributed by atoms with van der Waals surface area (Å²) in [7, 11) is 0. The van der Waals surface area contributed by atoms with Crippen molar-refractivity contribution in [2.75, 3.05) is 11.5 Å². The minimum absolute atomic E-state index is 0.101. The summed E-state index contributed by atoms with van der Waals surface area (Å²) < 4.78 is 1.12. The predicted octanol–water partition coefficient (Wildman–Crippen LogP) is 6.05. The van der Waals surface area contributed by atoms with Gasteiger partial charge in [0, 0.05) is 17.1 Å². The van der Waals surface area contributed by atoms with Crippen LogP contribution in [0.4, 0.5) is 0 Å². The highest BCUT2D eigenvalue weighted by molar-refractivity contribution is 8.25. The molecule has 3 heteroatoms. The number of allylic oxidation sites excluding steroid dienone is 2. The molecular weight excluding hydrogens is 344 g/mol. The lowest BCUT2D eigenvalue weighted by atomic mass is 9.95. The molecule has 0 amide bonds. The van der Waals surface area contributed by atoms with Crippen LogP contribution < -0.4 is 0 Å². The quantitative estimate of drug-likeness (QED) is 0.485. The van der Waals surface area contributed by atoms with Crippen LogP contribution in [0.25, 0.3) is 11.1 Å². The van der Waals surface area contributed by atoms with Gasteiger partial charge in [0.05, 0.1) is 9.81 Å². The monoisotopic (exact) mass is 364 g/mol. The molecule has 2 aromatic rings. The molecule has 0 unspecified atom stereocenters. The van der Waals surface area contributed by atoms with Crippen LogP contribution in [0, 0.1) is 0 Å². The number of thioether (sulfide) groups is 2. The molecule has 0 atom stereocenters. The molecule has 0 aromatic heterocycles. The molecule has 1 fully saturated rings. The fourth-order valence-electron chi connectivity index (χ4n) is 2.71. The van der Waals surface area contributed by atoms with E-state index in [0.717, 1.165) is 43.6 Å². The van der Waals surface area contributed by atoms with Crippen molar-refractivity contribution in [3.05, 3.63) is 87.3 Å². The van der Waals surface area contributed by atoms with E-state index < -0.39 is 0 Å². The highest BCUT2D eigenvalue weighted by Gasteiger charge is 2.22. The van der Waals surface area contributed by atoms with Crippen LogP contribution in [0.15, 0.2) is 76.2 Å². The maximum absolute atomic E-state index is 12.5. The fraction of sp³-hybridized carbons (Fsp3) is 0.182. The zero-order chi connectivity index (χ0) is 17.6. The first-order chi connectivity index (χ1) is 12.2. The molecular formula is C22H20OS2. The average molecular weight is 365 g/mol. The molecule has 25 heavy (non-hydrogen) atoms. The first-order valence-electron chi connectivity index (χ1n) is 8.26. The second kappa shape index (κ2) is 8.44. The molecule has 0 radical (unpaired) electrons. The van der Waals surface area contributed by atoms with E-state index in [0.29, 0.717) is 0 Å². The van der Waals surface area contributed by atoms with Crippen molar-refractivity contribution in [1.82, 2.24) is 0 Å². The zero-order valence-corrected chi connectivity index (χ0v) is 16.0. The van der Waals surface area contributed by atoms with Crippen molar-refractivity contribution in [3.8, 4) is 0 Å². The summed E-state index contributed by atoms with van der Waals surface area (Å²) in [6.45, 7) is 3.71. The Hall–Kier alpha value is -1.93. The molecule has 0 aliphatic carbocycles. The molecule has 126 valence electrons. The third kappa shape index (κ3) is 4.38. The SMILES string of the molecule is CC(=O)C(C(=C=C(C)c1ccccc1)c1ccccc1)=C1SCCS1. The van der Waals surface area contributed by atoms with Crippen LogP contribution in [0.3, 0.4) is 0 Å². The van der Waals surface area contributed by atoms with Crippen molar-refractivity contribution in [1.29, 1.82) is 0 Å². The van der Waals surface area contributed by atoms with E-state index in [1.165, 1.54) is 0 Å². The van der Waals surface area contributed by atoms with Crippen LogP contribution in [0.2, 0.25) is 0 Å². The number of rotatable bonds is 4. The molecule has 1 aliphatic heterocycles. The highest BCUT2D eigenvalue weighted by atomic mass is 32.2. The molecule has 1 aliphatic rings. The zero-order valence-electron chi connectivity index (χ0n) is 14.4. The number of benzene rings is 2. The first kappa shape index (κ1) is 17.9. The number of carbonyl (C=O) groups excluding carboxylic acids is 1. The van der Waals surface area contributed by atoms with Gasteiger partial charge in [-0.15, -0.1) is 29.3 Å². The highest BCUT2D eigenvalue weighted by Crippen LogP contribution is 2.42. The van der Waals surface area contributed by atoms with Gasteiger partial charge in [-0.2, -0.15) is 0 Å². The third-order valence-electron chi connectivity index (χ3n) is 3.94. The lowest BCUT2D eigenvalue weighted by Crippen LogP contribution is -2.01.